The van der Waals surface area contributed by atoms with Gasteiger partial charge in [-0.15, -0.1) is 23.5 Å². The molecular formula is C21H21IN2O6S2. The number of carbonyl (C=O) groups is 2. The number of carboxylic acid groups (broad SMARTS) is 1. The Morgan fingerprint density at radius 3 is 2.56 bits per heavy atom. The lowest BCUT2D eigenvalue weighted by molar-refractivity contribution is -0.139. The van der Waals surface area contributed by atoms with Gasteiger partial charge in [0.15, 0.2) is 24.7 Å². The van der Waals surface area contributed by atoms with E-state index in [-0.39, 0.29) is 6.61 Å². The molecule has 0 spiro atoms. The summed E-state index contributed by atoms with van der Waals surface area (Å²) in [6.07, 6.45) is 1.45. The van der Waals surface area contributed by atoms with Gasteiger partial charge in [0, 0.05) is 11.5 Å². The first kappa shape index (κ1) is 24.5. The van der Waals surface area contributed by atoms with Crippen LogP contribution < -0.4 is 19.6 Å². The second kappa shape index (κ2) is 12.2. The van der Waals surface area contributed by atoms with Gasteiger partial charge in [-0.2, -0.15) is 5.10 Å². The highest BCUT2D eigenvalue weighted by Crippen LogP contribution is 2.45. The van der Waals surface area contributed by atoms with Crippen molar-refractivity contribution in [3.63, 3.8) is 0 Å². The van der Waals surface area contributed by atoms with Crippen LogP contribution in [0.25, 0.3) is 0 Å². The number of thioether (sulfide) groups is 2. The summed E-state index contributed by atoms with van der Waals surface area (Å²) in [4.78, 5) is 22.7. The van der Waals surface area contributed by atoms with E-state index in [0.29, 0.717) is 31.0 Å². The van der Waals surface area contributed by atoms with Crippen LogP contribution in [0.3, 0.4) is 0 Å². The molecule has 1 fully saturated rings. The van der Waals surface area contributed by atoms with Gasteiger partial charge >= 0.3 is 5.97 Å². The van der Waals surface area contributed by atoms with E-state index < -0.39 is 18.5 Å². The van der Waals surface area contributed by atoms with E-state index in [9.17, 15) is 9.59 Å². The SMILES string of the molecule is COc1cc(/C=N\NC(=O)COc2ccc(C3SCCS3)cc2)cc(I)c1OCC(=O)O. The van der Waals surface area contributed by atoms with E-state index in [0.717, 1.165) is 0 Å². The minimum atomic E-state index is -1.08. The Hall–Kier alpha value is -2.12. The van der Waals surface area contributed by atoms with Gasteiger partial charge in [0.2, 0.25) is 0 Å². The number of rotatable bonds is 10. The Bertz CT molecular complexity index is 981. The van der Waals surface area contributed by atoms with Gasteiger partial charge in [-0.25, -0.2) is 10.2 Å². The molecule has 11 heteroatoms. The molecule has 0 radical (unpaired) electrons. The van der Waals surface area contributed by atoms with Crippen LogP contribution in [-0.2, 0) is 9.59 Å². The molecule has 0 saturated carbocycles. The number of ether oxygens (including phenoxy) is 3. The summed E-state index contributed by atoms with van der Waals surface area (Å²) in [5.41, 5.74) is 4.32. The lowest BCUT2D eigenvalue weighted by Crippen LogP contribution is -2.24. The molecule has 32 heavy (non-hydrogen) atoms. The number of amides is 1. The minimum Gasteiger partial charge on any atom is -0.493 e. The molecule has 2 aromatic rings. The first-order valence-electron chi connectivity index (χ1n) is 9.46. The number of carboxylic acids is 1. The summed E-state index contributed by atoms with van der Waals surface area (Å²) in [7, 11) is 1.46. The Kier molecular flexibility index (Phi) is 9.36. The third-order valence-corrected chi connectivity index (χ3v) is 8.04. The monoisotopic (exact) mass is 588 g/mol. The van der Waals surface area contributed by atoms with Gasteiger partial charge in [0.05, 0.1) is 21.5 Å². The van der Waals surface area contributed by atoms with Gasteiger partial charge in [-0.1, -0.05) is 12.1 Å². The maximum absolute atomic E-state index is 12.0. The van der Waals surface area contributed by atoms with Crippen molar-refractivity contribution < 1.29 is 28.9 Å². The average molecular weight is 588 g/mol. The van der Waals surface area contributed by atoms with Gasteiger partial charge in [-0.3, -0.25) is 4.79 Å². The van der Waals surface area contributed by atoms with Crippen molar-refractivity contribution in [3.8, 4) is 17.2 Å². The van der Waals surface area contributed by atoms with Gasteiger partial charge in [0.25, 0.3) is 5.91 Å². The molecule has 8 nitrogen and oxygen atoms in total. The van der Waals surface area contributed by atoms with Crippen LogP contribution in [0.5, 0.6) is 17.2 Å². The van der Waals surface area contributed by atoms with Crippen LogP contribution in [0, 0.1) is 3.57 Å². The van der Waals surface area contributed by atoms with E-state index in [1.54, 1.807) is 12.1 Å². The molecule has 1 aliphatic heterocycles. The molecule has 1 heterocycles. The van der Waals surface area contributed by atoms with Crippen molar-refractivity contribution in [2.24, 2.45) is 5.10 Å². The molecule has 1 aliphatic rings. The summed E-state index contributed by atoms with van der Waals surface area (Å²) in [5.74, 6) is 2.19. The summed E-state index contributed by atoms with van der Waals surface area (Å²) in [6.45, 7) is -0.635. The average Bonchev–Trinajstić information content (AvgIpc) is 3.32. The van der Waals surface area contributed by atoms with E-state index >= 15 is 0 Å². The Labute approximate surface area is 207 Å². The maximum atomic E-state index is 12.0. The smallest absolute Gasteiger partial charge is 0.341 e. The predicted octanol–water partition coefficient (Wildman–Crippen LogP) is 3.77. The topological polar surface area (TPSA) is 106 Å². The number of hydrazone groups is 1. The summed E-state index contributed by atoms with van der Waals surface area (Å²) in [6, 6.07) is 11.2. The molecule has 0 aliphatic carbocycles. The highest BCUT2D eigenvalue weighted by atomic mass is 127. The minimum absolute atomic E-state index is 0.160. The number of carbonyl (C=O) groups excluding carboxylic acids is 1. The summed E-state index contributed by atoms with van der Waals surface area (Å²) in [5, 5.41) is 12.7. The lowest BCUT2D eigenvalue weighted by atomic mass is 10.2. The standard InChI is InChI=1S/C21H21IN2O6S2/c1-28-17-9-13(8-16(22)20(17)30-12-19(26)27)10-23-24-18(25)11-29-15-4-2-14(3-5-15)21-31-6-7-32-21/h2-5,8-10,21H,6-7,11-12H2,1H3,(H,24,25)(H,26,27)/b23-10-. The number of halogens is 1. The highest BCUT2D eigenvalue weighted by Gasteiger charge is 2.18. The first-order valence-corrected chi connectivity index (χ1v) is 12.6. The third kappa shape index (κ3) is 7.20. The molecule has 170 valence electrons. The molecule has 0 unspecified atom stereocenters. The Morgan fingerprint density at radius 2 is 1.91 bits per heavy atom. The number of hydrogen-bond acceptors (Lipinski definition) is 8. The van der Waals surface area contributed by atoms with Gasteiger partial charge in [-0.05, 0) is 58.0 Å². The normalized spacial score (nSPS) is 13.8. The van der Waals surface area contributed by atoms with Crippen molar-refractivity contribution in [1.29, 1.82) is 0 Å². The number of methoxy groups -OCH3 is 1. The van der Waals surface area contributed by atoms with E-state index in [2.05, 4.69) is 10.5 Å². The molecule has 0 bridgehead atoms. The molecule has 0 aromatic heterocycles. The van der Waals surface area contributed by atoms with E-state index in [1.165, 1.54) is 30.4 Å². The molecule has 2 aromatic carbocycles. The molecular weight excluding hydrogens is 567 g/mol. The van der Waals surface area contributed by atoms with E-state index in [4.69, 9.17) is 19.3 Å². The number of hydrogen-bond donors (Lipinski definition) is 2. The Balaban J connectivity index is 1.50. The zero-order chi connectivity index (χ0) is 22.9. The van der Waals surface area contributed by atoms with Crippen molar-refractivity contribution >= 4 is 64.2 Å². The highest BCUT2D eigenvalue weighted by molar-refractivity contribution is 14.1. The van der Waals surface area contributed by atoms with Crippen LogP contribution in [0.15, 0.2) is 41.5 Å². The third-order valence-electron chi connectivity index (χ3n) is 4.14. The fraction of sp³-hybridized carbons (Fsp3) is 0.286. The number of aliphatic carboxylic acids is 1. The van der Waals surface area contributed by atoms with Crippen LogP contribution in [0.2, 0.25) is 0 Å². The molecule has 0 atom stereocenters. The number of nitrogens with one attached hydrogen (secondary N) is 1. The maximum Gasteiger partial charge on any atom is 0.341 e. The van der Waals surface area contributed by atoms with Crippen LogP contribution in [0.4, 0.5) is 0 Å². The molecule has 1 amide bonds. The van der Waals surface area contributed by atoms with Crippen molar-refractivity contribution in [2.45, 2.75) is 4.58 Å². The largest absolute Gasteiger partial charge is 0.493 e. The fourth-order valence-electron chi connectivity index (χ4n) is 2.72. The lowest BCUT2D eigenvalue weighted by Gasteiger charge is -2.12. The second-order valence-electron chi connectivity index (χ2n) is 6.44. The fourth-order valence-corrected chi connectivity index (χ4v) is 6.36. The van der Waals surface area contributed by atoms with Crippen molar-refractivity contribution in [3.05, 3.63) is 51.1 Å². The number of nitrogens with zero attached hydrogens (tertiary/aromatic N) is 1. The first-order chi connectivity index (χ1) is 15.5. The predicted molar refractivity (Wildman–Crippen MR) is 134 cm³/mol. The summed E-state index contributed by atoms with van der Waals surface area (Å²) >= 11 is 5.89. The van der Waals surface area contributed by atoms with E-state index in [1.807, 2.05) is 70.4 Å². The quantitative estimate of drug-likeness (QED) is 0.246. The van der Waals surface area contributed by atoms with Crippen molar-refractivity contribution in [1.82, 2.24) is 5.43 Å². The Morgan fingerprint density at radius 1 is 1.19 bits per heavy atom. The summed E-state index contributed by atoms with van der Waals surface area (Å²) < 4.78 is 17.2. The van der Waals surface area contributed by atoms with Crippen LogP contribution >= 0.6 is 46.1 Å². The second-order valence-corrected chi connectivity index (χ2v) is 10.3. The molecule has 3 rings (SSSR count). The molecule has 1 saturated heterocycles. The zero-order valence-electron chi connectivity index (χ0n) is 17.1. The van der Waals surface area contributed by atoms with Gasteiger partial charge in [0.1, 0.15) is 5.75 Å². The molecule has 2 N–H and O–H groups in total. The van der Waals surface area contributed by atoms with Crippen LogP contribution in [-0.4, -0.2) is 55.0 Å². The zero-order valence-corrected chi connectivity index (χ0v) is 20.9. The van der Waals surface area contributed by atoms with Crippen LogP contribution in [0.1, 0.15) is 15.7 Å². The van der Waals surface area contributed by atoms with Crippen molar-refractivity contribution in [2.75, 3.05) is 31.8 Å². The number of benzene rings is 2. The van der Waals surface area contributed by atoms with Gasteiger partial charge < -0.3 is 19.3 Å².